The van der Waals surface area contributed by atoms with Gasteiger partial charge in [-0.3, -0.25) is 9.69 Å². The zero-order chi connectivity index (χ0) is 14.9. The number of likely N-dealkylation sites (N-methyl/N-ethyl adjacent to an activating group) is 1. The van der Waals surface area contributed by atoms with Crippen molar-refractivity contribution < 1.29 is 9.90 Å². The van der Waals surface area contributed by atoms with Crippen molar-refractivity contribution in [3.05, 3.63) is 0 Å². The fourth-order valence-corrected chi connectivity index (χ4v) is 3.75. The summed E-state index contributed by atoms with van der Waals surface area (Å²) in [5.74, 6) is 0.666. The van der Waals surface area contributed by atoms with E-state index in [-0.39, 0.29) is 5.91 Å². The maximum absolute atomic E-state index is 12.7. The molecule has 0 unspecified atom stereocenters. The fraction of sp³-hybridized carbons (Fsp3) is 0.938. The van der Waals surface area contributed by atoms with Gasteiger partial charge in [0.25, 0.3) is 5.91 Å². The highest BCUT2D eigenvalue weighted by molar-refractivity contribution is 5.86. The fourth-order valence-electron chi connectivity index (χ4n) is 3.75. The van der Waals surface area contributed by atoms with Gasteiger partial charge in [-0.25, -0.2) is 0 Å². The molecule has 21 heavy (non-hydrogen) atoms. The molecule has 3 aliphatic rings. The number of carbonyl (C=O) groups excluding carboxylic acids is 1. The number of hydrogen-bond donors (Lipinski definition) is 1. The summed E-state index contributed by atoms with van der Waals surface area (Å²) in [6.07, 6.45) is 5.36. The van der Waals surface area contributed by atoms with Gasteiger partial charge in [0.05, 0.1) is 0 Å². The minimum absolute atomic E-state index is 0.0143. The first-order valence-corrected chi connectivity index (χ1v) is 8.49. The molecule has 0 aromatic heterocycles. The standard InChI is InChI=1S/C16H29N3O2/c1-17-8-10-18(11-9-17)13-16(21)6-3-7-19(15(16)20)12-14-4-2-5-14/h14,21H,2-13H2,1H3/t16-/m0/s1. The summed E-state index contributed by atoms with van der Waals surface area (Å²) in [4.78, 5) is 19.2. The molecule has 3 rings (SSSR count). The summed E-state index contributed by atoms with van der Waals surface area (Å²) < 4.78 is 0. The number of aliphatic hydroxyl groups is 1. The van der Waals surface area contributed by atoms with Crippen LogP contribution < -0.4 is 0 Å². The summed E-state index contributed by atoms with van der Waals surface area (Å²) in [5, 5.41) is 10.9. The lowest BCUT2D eigenvalue weighted by atomic mass is 9.83. The molecule has 5 heteroatoms. The molecule has 5 nitrogen and oxygen atoms in total. The van der Waals surface area contributed by atoms with Gasteiger partial charge < -0.3 is 14.9 Å². The molecule has 3 fully saturated rings. The molecular weight excluding hydrogens is 266 g/mol. The third kappa shape index (κ3) is 3.41. The number of piperidine rings is 1. The monoisotopic (exact) mass is 295 g/mol. The summed E-state index contributed by atoms with van der Waals surface area (Å²) >= 11 is 0. The van der Waals surface area contributed by atoms with E-state index in [1.807, 2.05) is 4.90 Å². The Hall–Kier alpha value is -0.650. The molecule has 2 saturated heterocycles. The van der Waals surface area contributed by atoms with Gasteiger partial charge in [0.15, 0.2) is 5.60 Å². The van der Waals surface area contributed by atoms with Gasteiger partial charge in [0, 0.05) is 45.8 Å². The van der Waals surface area contributed by atoms with Gasteiger partial charge >= 0.3 is 0 Å². The van der Waals surface area contributed by atoms with Gasteiger partial charge in [0.1, 0.15) is 0 Å². The minimum Gasteiger partial charge on any atom is -0.379 e. The van der Waals surface area contributed by atoms with Gasteiger partial charge in [-0.1, -0.05) is 6.42 Å². The van der Waals surface area contributed by atoms with Crippen LogP contribution in [0.1, 0.15) is 32.1 Å². The molecule has 120 valence electrons. The van der Waals surface area contributed by atoms with Crippen LogP contribution in [0.3, 0.4) is 0 Å². The Bertz CT molecular complexity index is 378. The molecular formula is C16H29N3O2. The van der Waals surface area contributed by atoms with Crippen LogP contribution in [0.5, 0.6) is 0 Å². The number of rotatable bonds is 4. The molecule has 1 atom stereocenters. The van der Waals surface area contributed by atoms with Gasteiger partial charge in [-0.2, -0.15) is 0 Å². The Morgan fingerprint density at radius 1 is 1.14 bits per heavy atom. The third-order valence-electron chi connectivity index (χ3n) is 5.49. The second-order valence-corrected chi connectivity index (χ2v) is 7.26. The topological polar surface area (TPSA) is 47.0 Å². The number of nitrogens with zero attached hydrogens (tertiary/aromatic N) is 3. The van der Waals surface area contributed by atoms with Crippen LogP contribution in [0.2, 0.25) is 0 Å². The maximum atomic E-state index is 12.7. The predicted octanol–water partition coefficient (Wildman–Crippen LogP) is 0.387. The van der Waals surface area contributed by atoms with Crippen LogP contribution >= 0.6 is 0 Å². The summed E-state index contributed by atoms with van der Waals surface area (Å²) in [6, 6.07) is 0. The Kier molecular flexibility index (Phi) is 4.52. The minimum atomic E-state index is -1.14. The van der Waals surface area contributed by atoms with Crippen molar-refractivity contribution in [2.75, 3.05) is 52.9 Å². The highest BCUT2D eigenvalue weighted by atomic mass is 16.3. The lowest BCUT2D eigenvalue weighted by Gasteiger charge is -2.44. The van der Waals surface area contributed by atoms with Crippen LogP contribution in [0, 0.1) is 5.92 Å². The Balaban J connectivity index is 1.57. The normalized spacial score (nSPS) is 33.2. The van der Waals surface area contributed by atoms with Crippen molar-refractivity contribution in [2.24, 2.45) is 5.92 Å². The molecule has 2 heterocycles. The number of hydrogen-bond acceptors (Lipinski definition) is 4. The van der Waals surface area contributed by atoms with E-state index in [0.29, 0.717) is 18.9 Å². The summed E-state index contributed by atoms with van der Waals surface area (Å²) in [6.45, 7) is 6.17. The van der Waals surface area contributed by atoms with E-state index in [2.05, 4.69) is 16.8 Å². The smallest absolute Gasteiger partial charge is 0.255 e. The molecule has 1 amide bonds. The molecule has 1 aliphatic carbocycles. The molecule has 0 bridgehead atoms. The highest BCUT2D eigenvalue weighted by Gasteiger charge is 2.44. The summed E-state index contributed by atoms with van der Waals surface area (Å²) in [5.41, 5.74) is -1.14. The Morgan fingerprint density at radius 3 is 2.48 bits per heavy atom. The maximum Gasteiger partial charge on any atom is 0.255 e. The highest BCUT2D eigenvalue weighted by Crippen LogP contribution is 2.30. The average Bonchev–Trinajstić information content (AvgIpc) is 2.41. The number of likely N-dealkylation sites (tertiary alicyclic amines) is 1. The Labute approximate surface area is 127 Å². The first kappa shape index (κ1) is 15.3. The second kappa shape index (κ2) is 6.23. The average molecular weight is 295 g/mol. The molecule has 1 saturated carbocycles. The van der Waals surface area contributed by atoms with Crippen molar-refractivity contribution in [1.82, 2.24) is 14.7 Å². The zero-order valence-corrected chi connectivity index (χ0v) is 13.3. The number of piperazine rings is 1. The van der Waals surface area contributed by atoms with E-state index in [0.717, 1.165) is 45.7 Å². The van der Waals surface area contributed by atoms with E-state index in [4.69, 9.17) is 0 Å². The number of amides is 1. The first-order valence-electron chi connectivity index (χ1n) is 8.49. The molecule has 0 aromatic rings. The number of carbonyl (C=O) groups is 1. The van der Waals surface area contributed by atoms with Crippen LogP contribution in [0.15, 0.2) is 0 Å². The largest absolute Gasteiger partial charge is 0.379 e. The van der Waals surface area contributed by atoms with Crippen LogP contribution in [0.4, 0.5) is 0 Å². The zero-order valence-electron chi connectivity index (χ0n) is 13.3. The van der Waals surface area contributed by atoms with Crippen molar-refractivity contribution in [3.63, 3.8) is 0 Å². The van der Waals surface area contributed by atoms with Crippen molar-refractivity contribution in [1.29, 1.82) is 0 Å². The second-order valence-electron chi connectivity index (χ2n) is 7.26. The van der Waals surface area contributed by atoms with Crippen LogP contribution in [0.25, 0.3) is 0 Å². The molecule has 2 aliphatic heterocycles. The van der Waals surface area contributed by atoms with E-state index < -0.39 is 5.60 Å². The van der Waals surface area contributed by atoms with Gasteiger partial charge in [-0.05, 0) is 38.6 Å². The molecule has 0 radical (unpaired) electrons. The van der Waals surface area contributed by atoms with Crippen LogP contribution in [-0.4, -0.2) is 84.2 Å². The van der Waals surface area contributed by atoms with E-state index in [1.165, 1.54) is 19.3 Å². The lowest BCUT2D eigenvalue weighted by Crippen LogP contribution is -2.61. The third-order valence-corrected chi connectivity index (χ3v) is 5.49. The van der Waals surface area contributed by atoms with Crippen molar-refractivity contribution in [2.45, 2.75) is 37.7 Å². The quantitative estimate of drug-likeness (QED) is 0.815. The first-order chi connectivity index (χ1) is 10.1. The lowest BCUT2D eigenvalue weighted by molar-refractivity contribution is -0.161. The van der Waals surface area contributed by atoms with Crippen molar-refractivity contribution >= 4 is 5.91 Å². The number of β-amino-alcohol motifs (C(OH)–C–C–N with tert-alkyl or cyclic N) is 1. The molecule has 1 N–H and O–H groups in total. The van der Waals surface area contributed by atoms with Crippen LogP contribution in [-0.2, 0) is 4.79 Å². The Morgan fingerprint density at radius 2 is 1.86 bits per heavy atom. The molecule has 0 spiro atoms. The van der Waals surface area contributed by atoms with E-state index >= 15 is 0 Å². The SMILES string of the molecule is CN1CCN(C[C@@]2(O)CCCN(CC3CCC3)C2=O)CC1. The van der Waals surface area contributed by atoms with E-state index in [1.54, 1.807) is 0 Å². The van der Waals surface area contributed by atoms with Gasteiger partial charge in [0.2, 0.25) is 0 Å². The van der Waals surface area contributed by atoms with E-state index in [9.17, 15) is 9.90 Å². The predicted molar refractivity (Wildman–Crippen MR) is 82.0 cm³/mol. The van der Waals surface area contributed by atoms with Gasteiger partial charge in [-0.15, -0.1) is 0 Å². The summed E-state index contributed by atoms with van der Waals surface area (Å²) in [7, 11) is 2.12. The van der Waals surface area contributed by atoms with Crippen molar-refractivity contribution in [3.8, 4) is 0 Å². The molecule has 0 aromatic carbocycles.